The van der Waals surface area contributed by atoms with E-state index in [9.17, 15) is 9.59 Å². The van der Waals surface area contributed by atoms with Crippen molar-refractivity contribution in [3.63, 3.8) is 0 Å². The second-order valence-corrected chi connectivity index (χ2v) is 8.76. The number of nitrogens with one attached hydrogen (secondary N) is 3. The number of carbonyl (C=O) groups excluding carboxylic acids is 2. The molecule has 0 aliphatic rings. The summed E-state index contributed by atoms with van der Waals surface area (Å²) >= 11 is 11.6. The van der Waals surface area contributed by atoms with Crippen LogP contribution in [-0.4, -0.2) is 52.9 Å². The number of anilines is 1. The van der Waals surface area contributed by atoms with Crippen LogP contribution in [0.25, 0.3) is 11.3 Å². The first-order valence-corrected chi connectivity index (χ1v) is 11.4. The van der Waals surface area contributed by atoms with E-state index in [1.165, 1.54) is 0 Å². The smallest absolute Gasteiger partial charge is 0.270 e. The Kier molecular flexibility index (Phi) is 8.40. The third-order valence-corrected chi connectivity index (χ3v) is 5.52. The molecule has 0 aliphatic heterocycles. The van der Waals surface area contributed by atoms with Crippen LogP contribution < -0.4 is 10.6 Å². The second-order valence-electron chi connectivity index (χ2n) is 7.48. The third-order valence-electron chi connectivity index (χ3n) is 5.09. The molecule has 176 valence electrons. The molecule has 3 aromatic heterocycles. The lowest BCUT2D eigenvalue weighted by molar-refractivity contribution is -0.118. The largest absolute Gasteiger partial charge is 0.339 e. The van der Waals surface area contributed by atoms with E-state index in [4.69, 9.17) is 23.2 Å². The zero-order valence-electron chi connectivity index (χ0n) is 18.6. The van der Waals surface area contributed by atoms with Crippen molar-refractivity contribution in [2.75, 3.05) is 5.32 Å². The number of carbonyl (C=O) groups is 2. The van der Waals surface area contributed by atoms with Crippen molar-refractivity contribution < 1.29 is 9.59 Å². The number of hydrogen-bond acceptors (Lipinski definition) is 6. The van der Waals surface area contributed by atoms with E-state index in [0.717, 1.165) is 17.0 Å². The number of hydrogen-bond donors (Lipinski definition) is 3. The fourth-order valence-corrected chi connectivity index (χ4v) is 3.74. The molecule has 3 rings (SSSR count). The van der Waals surface area contributed by atoms with Crippen LogP contribution in [0.5, 0.6) is 0 Å². The first-order chi connectivity index (χ1) is 15.8. The first kappa shape index (κ1) is 24.7. The van der Waals surface area contributed by atoms with Crippen LogP contribution in [0.1, 0.15) is 48.1 Å². The van der Waals surface area contributed by atoms with E-state index in [-0.39, 0.29) is 5.82 Å². The maximum absolute atomic E-state index is 13.0. The number of rotatable bonds is 10. The minimum atomic E-state index is -0.815. The molecule has 0 aromatic carbocycles. The number of alkyl halides is 2. The van der Waals surface area contributed by atoms with Gasteiger partial charge in [0, 0.05) is 24.0 Å². The molecule has 0 saturated carbocycles. The van der Waals surface area contributed by atoms with Crippen molar-refractivity contribution >= 4 is 40.8 Å². The van der Waals surface area contributed by atoms with Gasteiger partial charge in [-0.3, -0.25) is 19.4 Å². The van der Waals surface area contributed by atoms with Gasteiger partial charge in [-0.2, -0.15) is 10.2 Å². The Hall–Kier alpha value is -2.98. The monoisotopic (exact) mass is 492 g/mol. The Morgan fingerprint density at radius 2 is 1.94 bits per heavy atom. The number of halogens is 2. The van der Waals surface area contributed by atoms with E-state index < -0.39 is 22.7 Å². The van der Waals surface area contributed by atoms with Crippen LogP contribution in [0, 0.1) is 13.8 Å². The van der Waals surface area contributed by atoms with Crippen LogP contribution in [0.15, 0.2) is 24.4 Å². The number of amides is 2. The number of nitrogens with zero attached hydrogens (tertiary/aromatic N) is 5. The number of aryl methyl sites for hydroxylation is 3. The normalized spacial score (nSPS) is 12.1. The molecule has 12 heteroatoms. The number of H-pyrrole nitrogens is 1. The third kappa shape index (κ3) is 6.29. The molecule has 0 spiro atoms. The average Bonchev–Trinajstić information content (AvgIpc) is 3.39. The molecule has 0 bridgehead atoms. The topological polar surface area (TPSA) is 130 Å². The summed E-state index contributed by atoms with van der Waals surface area (Å²) in [7, 11) is 0. The molecule has 2 amide bonds. The van der Waals surface area contributed by atoms with Gasteiger partial charge < -0.3 is 10.6 Å². The van der Waals surface area contributed by atoms with Crippen LogP contribution in [-0.2, 0) is 11.3 Å². The highest BCUT2D eigenvalue weighted by molar-refractivity contribution is 6.44. The van der Waals surface area contributed by atoms with E-state index >= 15 is 0 Å². The Morgan fingerprint density at radius 1 is 1.15 bits per heavy atom. The van der Waals surface area contributed by atoms with Gasteiger partial charge in [-0.25, -0.2) is 0 Å². The first-order valence-electron chi connectivity index (χ1n) is 10.6. The second kappa shape index (κ2) is 11.2. The van der Waals surface area contributed by atoms with Gasteiger partial charge in [0.1, 0.15) is 16.6 Å². The van der Waals surface area contributed by atoms with Crippen molar-refractivity contribution in [1.29, 1.82) is 0 Å². The zero-order valence-corrected chi connectivity index (χ0v) is 20.1. The van der Waals surface area contributed by atoms with Crippen LogP contribution in [0.4, 0.5) is 5.82 Å². The lowest BCUT2D eigenvalue weighted by atomic mass is 10.1. The average molecular weight is 493 g/mol. The summed E-state index contributed by atoms with van der Waals surface area (Å²) in [6.07, 6.45) is 2.94. The Labute approximate surface area is 201 Å². The van der Waals surface area contributed by atoms with Gasteiger partial charge in [0.05, 0.1) is 11.4 Å². The Bertz CT molecular complexity index is 1070. The van der Waals surface area contributed by atoms with E-state index in [1.54, 1.807) is 29.1 Å². The van der Waals surface area contributed by atoms with Gasteiger partial charge in [-0.1, -0.05) is 0 Å². The van der Waals surface area contributed by atoms with Crippen molar-refractivity contribution in [2.45, 2.75) is 57.5 Å². The predicted octanol–water partition coefficient (Wildman–Crippen LogP) is 3.41. The molecule has 0 saturated heterocycles. The molecule has 33 heavy (non-hydrogen) atoms. The van der Waals surface area contributed by atoms with Crippen LogP contribution in [0.3, 0.4) is 0 Å². The minimum absolute atomic E-state index is 0.271. The molecule has 0 radical (unpaired) electrons. The SMILES string of the molecule is CCn1nccc1C(=O)N[C@@H](CCCC(Cl)Cl)C(=O)Nc1ccc(-c2c(C)n[nH]c2C)nn1. The summed E-state index contributed by atoms with van der Waals surface area (Å²) in [5.41, 5.74) is 3.58. The van der Waals surface area contributed by atoms with Gasteiger partial charge >= 0.3 is 0 Å². The maximum Gasteiger partial charge on any atom is 0.270 e. The molecule has 0 fully saturated rings. The lowest BCUT2D eigenvalue weighted by Gasteiger charge is -2.18. The maximum atomic E-state index is 13.0. The molecular formula is C21H26Cl2N8O2. The van der Waals surface area contributed by atoms with E-state index in [0.29, 0.717) is 37.2 Å². The highest BCUT2D eigenvalue weighted by Gasteiger charge is 2.24. The summed E-state index contributed by atoms with van der Waals surface area (Å²) in [6.45, 7) is 6.19. The van der Waals surface area contributed by atoms with E-state index in [2.05, 4.69) is 36.1 Å². The standard InChI is InChI=1S/C21H26Cl2N8O2/c1-4-31-16(10-11-24-31)21(33)25-15(6-5-7-17(22)23)20(32)26-18-9-8-14(29-30-18)19-12(2)27-28-13(19)3/h8-11,15,17H,4-7H2,1-3H3,(H,25,33)(H,27,28)(H,26,30,32)/t15-/m0/s1. The lowest BCUT2D eigenvalue weighted by Crippen LogP contribution is -2.44. The summed E-state index contributed by atoms with van der Waals surface area (Å²) in [5.74, 6) is -0.535. The molecule has 0 unspecified atom stereocenters. The molecular weight excluding hydrogens is 467 g/mol. The summed E-state index contributed by atoms with van der Waals surface area (Å²) < 4.78 is 1.56. The highest BCUT2D eigenvalue weighted by Crippen LogP contribution is 2.23. The van der Waals surface area contributed by atoms with Gasteiger partial charge in [-0.05, 0) is 58.2 Å². The van der Waals surface area contributed by atoms with Gasteiger partial charge in [0.15, 0.2) is 5.82 Å². The van der Waals surface area contributed by atoms with Crippen molar-refractivity contribution in [3.8, 4) is 11.3 Å². The fraction of sp³-hybridized carbons (Fsp3) is 0.429. The quantitative estimate of drug-likeness (QED) is 0.371. The van der Waals surface area contributed by atoms with Crippen molar-refractivity contribution in [2.24, 2.45) is 0 Å². The van der Waals surface area contributed by atoms with Crippen molar-refractivity contribution in [1.82, 2.24) is 35.5 Å². The minimum Gasteiger partial charge on any atom is -0.339 e. The number of aromatic amines is 1. The van der Waals surface area contributed by atoms with Gasteiger partial charge in [0.2, 0.25) is 5.91 Å². The molecule has 3 heterocycles. The molecule has 3 aromatic rings. The molecule has 1 atom stereocenters. The van der Waals surface area contributed by atoms with E-state index in [1.807, 2.05) is 20.8 Å². The van der Waals surface area contributed by atoms with Crippen LogP contribution >= 0.6 is 23.2 Å². The highest BCUT2D eigenvalue weighted by atomic mass is 35.5. The molecule has 0 aliphatic carbocycles. The molecule has 10 nitrogen and oxygen atoms in total. The summed E-state index contributed by atoms with van der Waals surface area (Å²) in [4.78, 5) is 25.2. The number of aromatic nitrogens is 6. The van der Waals surface area contributed by atoms with Crippen LogP contribution in [0.2, 0.25) is 0 Å². The van der Waals surface area contributed by atoms with Gasteiger partial charge in [0.25, 0.3) is 5.91 Å². The zero-order chi connectivity index (χ0) is 24.0. The summed E-state index contributed by atoms with van der Waals surface area (Å²) in [6, 6.07) is 4.20. The Balaban J connectivity index is 1.71. The predicted molar refractivity (Wildman–Crippen MR) is 126 cm³/mol. The summed E-state index contributed by atoms with van der Waals surface area (Å²) in [5, 5.41) is 25.0. The fourth-order valence-electron chi connectivity index (χ4n) is 3.43. The Morgan fingerprint density at radius 3 is 2.55 bits per heavy atom. The van der Waals surface area contributed by atoms with Crippen molar-refractivity contribution in [3.05, 3.63) is 41.5 Å². The van der Waals surface area contributed by atoms with Gasteiger partial charge in [-0.15, -0.1) is 33.4 Å². The molecule has 3 N–H and O–H groups in total.